The zero-order valence-corrected chi connectivity index (χ0v) is 10.3. The number of rotatable bonds is 1. The normalized spacial score (nSPS) is 20.3. The Hall–Kier alpha value is -1.06. The molecule has 1 aliphatic heterocycles. The summed E-state index contributed by atoms with van der Waals surface area (Å²) in [5.74, 6) is 0.766. The summed E-state index contributed by atoms with van der Waals surface area (Å²) >= 11 is 11.9. The molecule has 2 rings (SSSR count). The molecule has 0 fully saturated rings. The van der Waals surface area contributed by atoms with Crippen molar-refractivity contribution in [1.82, 2.24) is 0 Å². The van der Waals surface area contributed by atoms with E-state index in [4.69, 9.17) is 28.9 Å². The van der Waals surface area contributed by atoms with Crippen molar-refractivity contribution < 1.29 is 0 Å². The van der Waals surface area contributed by atoms with E-state index >= 15 is 0 Å². The first kappa shape index (κ1) is 11.4. The molecular weight excluding hydrogens is 245 g/mol. The minimum atomic E-state index is 0.199. The number of nitrogens with two attached hydrogens (primary N) is 1. The molecule has 3 nitrogen and oxygen atoms in total. The third-order valence-electron chi connectivity index (χ3n) is 2.49. The lowest BCUT2D eigenvalue weighted by atomic mass is 9.97. The van der Waals surface area contributed by atoms with Crippen LogP contribution in [0.25, 0.3) is 0 Å². The lowest BCUT2D eigenvalue weighted by Crippen LogP contribution is -2.26. The van der Waals surface area contributed by atoms with E-state index in [1.54, 1.807) is 6.07 Å². The first-order chi connectivity index (χ1) is 7.56. The molecule has 1 aromatic carbocycles. The molecule has 0 saturated heterocycles. The minimum absolute atomic E-state index is 0.199. The van der Waals surface area contributed by atoms with Gasteiger partial charge in [-0.05, 0) is 18.2 Å². The number of hydrogen-bond donors (Lipinski definition) is 1. The van der Waals surface area contributed by atoms with E-state index in [9.17, 15) is 0 Å². The van der Waals surface area contributed by atoms with Crippen molar-refractivity contribution in [2.75, 3.05) is 0 Å². The van der Waals surface area contributed by atoms with Crippen LogP contribution < -0.4 is 5.73 Å². The number of amidine groups is 1. The summed E-state index contributed by atoms with van der Waals surface area (Å²) in [4.78, 5) is 0. The van der Waals surface area contributed by atoms with Gasteiger partial charge in [-0.3, -0.25) is 0 Å². The van der Waals surface area contributed by atoms with Crippen molar-refractivity contribution in [1.29, 1.82) is 0 Å². The van der Waals surface area contributed by atoms with Crippen LogP contribution in [0.2, 0.25) is 10.0 Å². The largest absolute Gasteiger partial charge is 0.385 e. The molecule has 0 radical (unpaired) electrons. The summed E-state index contributed by atoms with van der Waals surface area (Å²) in [6.07, 6.45) is 0.756. The fraction of sp³-hybridized carbons (Fsp3) is 0.273. The molecule has 5 heteroatoms. The van der Waals surface area contributed by atoms with Crippen LogP contribution in [0.5, 0.6) is 0 Å². The van der Waals surface area contributed by atoms with Crippen molar-refractivity contribution in [2.24, 2.45) is 21.9 Å². The summed E-state index contributed by atoms with van der Waals surface area (Å²) in [5, 5.41) is 9.20. The Morgan fingerprint density at radius 2 is 1.81 bits per heavy atom. The van der Waals surface area contributed by atoms with Gasteiger partial charge in [0.25, 0.3) is 0 Å². The third-order valence-corrected chi connectivity index (χ3v) is 2.92. The van der Waals surface area contributed by atoms with Gasteiger partial charge in [0.2, 0.25) is 0 Å². The zero-order valence-electron chi connectivity index (χ0n) is 8.74. The van der Waals surface area contributed by atoms with Crippen molar-refractivity contribution in [2.45, 2.75) is 13.3 Å². The average molecular weight is 256 g/mol. The fourth-order valence-corrected chi connectivity index (χ4v) is 2.07. The number of halogens is 2. The maximum atomic E-state index is 5.93. The molecule has 1 heterocycles. The lowest BCUT2D eigenvalue weighted by Gasteiger charge is -2.16. The molecule has 0 spiro atoms. The highest BCUT2D eigenvalue weighted by molar-refractivity contribution is 6.35. The van der Waals surface area contributed by atoms with Gasteiger partial charge in [0.15, 0.2) is 0 Å². The van der Waals surface area contributed by atoms with Gasteiger partial charge in [-0.1, -0.05) is 30.1 Å². The van der Waals surface area contributed by atoms with Gasteiger partial charge in [-0.15, -0.1) is 5.10 Å². The molecule has 1 atom stereocenters. The topological polar surface area (TPSA) is 50.7 Å². The minimum Gasteiger partial charge on any atom is -0.385 e. The van der Waals surface area contributed by atoms with Crippen molar-refractivity contribution in [3.63, 3.8) is 0 Å². The van der Waals surface area contributed by atoms with Crippen molar-refractivity contribution in [3.05, 3.63) is 33.8 Å². The molecule has 16 heavy (non-hydrogen) atoms. The smallest absolute Gasteiger partial charge is 0.125 e. The van der Waals surface area contributed by atoms with Crippen molar-refractivity contribution in [3.8, 4) is 0 Å². The molecule has 1 unspecified atom stereocenters. The first-order valence-electron chi connectivity index (χ1n) is 4.92. The Labute approximate surface area is 104 Å². The molecule has 0 bridgehead atoms. The van der Waals surface area contributed by atoms with E-state index < -0.39 is 0 Å². The molecule has 0 amide bonds. The highest BCUT2D eigenvalue weighted by Gasteiger charge is 2.17. The summed E-state index contributed by atoms with van der Waals surface area (Å²) < 4.78 is 0. The fourth-order valence-electron chi connectivity index (χ4n) is 1.55. The van der Waals surface area contributed by atoms with Gasteiger partial charge in [0, 0.05) is 27.9 Å². The molecule has 84 valence electrons. The highest BCUT2D eigenvalue weighted by atomic mass is 35.5. The van der Waals surface area contributed by atoms with Crippen LogP contribution in [0.3, 0.4) is 0 Å². The predicted molar refractivity (Wildman–Crippen MR) is 68.4 cm³/mol. The van der Waals surface area contributed by atoms with Gasteiger partial charge in [-0.25, -0.2) is 0 Å². The second-order valence-electron chi connectivity index (χ2n) is 3.83. The second-order valence-corrected chi connectivity index (χ2v) is 4.71. The quantitative estimate of drug-likeness (QED) is 0.824. The Bertz CT molecular complexity index is 460. The molecular formula is C11H11Cl2N3. The molecule has 1 aromatic rings. The Kier molecular flexibility index (Phi) is 3.17. The van der Waals surface area contributed by atoms with Crippen LogP contribution in [0.1, 0.15) is 18.9 Å². The molecule has 2 N–H and O–H groups in total. The first-order valence-corrected chi connectivity index (χ1v) is 5.68. The standard InChI is InChI=1S/C11H11Cl2N3/c1-6-2-10(15-16-11(6)14)7-3-8(12)5-9(13)4-7/h3-6H,2H2,1H3,(H2,14,16). The average Bonchev–Trinajstić information content (AvgIpc) is 2.20. The Balaban J connectivity index is 2.38. The summed E-state index contributed by atoms with van der Waals surface area (Å²) in [6.45, 7) is 2.01. The molecule has 0 saturated carbocycles. The number of nitrogens with zero attached hydrogens (tertiary/aromatic N) is 2. The Morgan fingerprint density at radius 1 is 1.19 bits per heavy atom. The van der Waals surface area contributed by atoms with Gasteiger partial charge in [-0.2, -0.15) is 5.10 Å². The van der Waals surface area contributed by atoms with Gasteiger partial charge in [0.05, 0.1) is 5.71 Å². The van der Waals surface area contributed by atoms with Crippen LogP contribution in [0.15, 0.2) is 28.4 Å². The Morgan fingerprint density at radius 3 is 2.38 bits per heavy atom. The summed E-state index contributed by atoms with van der Waals surface area (Å²) in [6, 6.07) is 5.35. The van der Waals surface area contributed by atoms with E-state index in [-0.39, 0.29) is 5.92 Å². The summed E-state index contributed by atoms with van der Waals surface area (Å²) in [5.41, 5.74) is 7.44. The monoisotopic (exact) mass is 255 g/mol. The van der Waals surface area contributed by atoms with Crippen LogP contribution in [0.4, 0.5) is 0 Å². The summed E-state index contributed by atoms with van der Waals surface area (Å²) in [7, 11) is 0. The van der Waals surface area contributed by atoms with E-state index in [0.29, 0.717) is 15.9 Å². The zero-order chi connectivity index (χ0) is 11.7. The molecule has 0 aliphatic carbocycles. The maximum Gasteiger partial charge on any atom is 0.125 e. The predicted octanol–water partition coefficient (Wildman–Crippen LogP) is 3.09. The van der Waals surface area contributed by atoms with Crippen LogP contribution in [-0.4, -0.2) is 11.5 Å². The van der Waals surface area contributed by atoms with Crippen molar-refractivity contribution >= 4 is 34.7 Å². The molecule has 0 aromatic heterocycles. The van der Waals surface area contributed by atoms with E-state index in [2.05, 4.69) is 10.2 Å². The van der Waals surface area contributed by atoms with Crippen LogP contribution in [0, 0.1) is 5.92 Å². The number of benzene rings is 1. The molecule has 1 aliphatic rings. The van der Waals surface area contributed by atoms with Gasteiger partial charge < -0.3 is 5.73 Å². The van der Waals surface area contributed by atoms with E-state index in [0.717, 1.165) is 17.7 Å². The lowest BCUT2D eigenvalue weighted by molar-refractivity contribution is 0.779. The van der Waals surface area contributed by atoms with Crippen LogP contribution in [-0.2, 0) is 0 Å². The SMILES string of the molecule is CC1CC(c2cc(Cl)cc(Cl)c2)=NN=C1N. The van der Waals surface area contributed by atoms with Gasteiger partial charge >= 0.3 is 0 Å². The van der Waals surface area contributed by atoms with Gasteiger partial charge in [0.1, 0.15) is 5.84 Å². The van der Waals surface area contributed by atoms with Crippen LogP contribution >= 0.6 is 23.2 Å². The third kappa shape index (κ3) is 2.36. The highest BCUT2D eigenvalue weighted by Crippen LogP contribution is 2.23. The van der Waals surface area contributed by atoms with E-state index in [1.165, 1.54) is 0 Å². The van der Waals surface area contributed by atoms with E-state index in [1.807, 2.05) is 19.1 Å². The number of hydrogen-bond acceptors (Lipinski definition) is 3. The second kappa shape index (κ2) is 4.44. The maximum absolute atomic E-state index is 5.93.